The van der Waals surface area contributed by atoms with Gasteiger partial charge in [-0.1, -0.05) is 29.8 Å². The fourth-order valence-corrected chi connectivity index (χ4v) is 3.51. The van der Waals surface area contributed by atoms with Gasteiger partial charge in [0.15, 0.2) is 0 Å². The number of hydrogen-bond acceptors (Lipinski definition) is 4. The van der Waals surface area contributed by atoms with Gasteiger partial charge in [0.25, 0.3) is 11.5 Å². The maximum absolute atomic E-state index is 12.9. The summed E-state index contributed by atoms with van der Waals surface area (Å²) in [5.74, 6) is -0.540. The lowest BCUT2D eigenvalue weighted by Gasteiger charge is -2.12. The van der Waals surface area contributed by atoms with Gasteiger partial charge in [-0.05, 0) is 55.0 Å². The topological polar surface area (TPSA) is 111 Å². The van der Waals surface area contributed by atoms with Gasteiger partial charge in [0.2, 0.25) is 10.0 Å². The molecule has 3 N–H and O–H groups in total. The number of nitrogens with zero attached hydrogens (tertiary/aromatic N) is 1. The van der Waals surface area contributed by atoms with Crippen LogP contribution in [0.15, 0.2) is 70.4 Å². The molecule has 0 fully saturated rings. The van der Waals surface area contributed by atoms with Gasteiger partial charge >= 0.3 is 0 Å². The molecule has 3 aromatic rings. The molecule has 0 aliphatic rings. The number of aryl methyl sites for hydroxylation is 1. The van der Waals surface area contributed by atoms with E-state index in [4.69, 9.17) is 16.7 Å². The number of sulfonamides is 1. The zero-order valence-corrected chi connectivity index (χ0v) is 17.0. The zero-order valence-electron chi connectivity index (χ0n) is 15.4. The molecule has 0 aliphatic carbocycles. The molecule has 29 heavy (non-hydrogen) atoms. The van der Waals surface area contributed by atoms with E-state index >= 15 is 0 Å². The van der Waals surface area contributed by atoms with Gasteiger partial charge < -0.3 is 5.32 Å². The summed E-state index contributed by atoms with van der Waals surface area (Å²) in [6, 6.07) is 15.7. The van der Waals surface area contributed by atoms with Crippen molar-refractivity contribution in [3.8, 4) is 5.69 Å². The highest BCUT2D eigenvalue weighted by Crippen LogP contribution is 2.15. The van der Waals surface area contributed by atoms with Crippen LogP contribution >= 0.6 is 11.6 Å². The predicted octanol–water partition coefficient (Wildman–Crippen LogP) is 2.38. The molecule has 1 amide bonds. The number of rotatable bonds is 5. The number of hydrogen-bond donors (Lipinski definition) is 2. The standard InChI is InChI=1S/C20H18ClN3O4S/c1-13-5-10-18(20(26)24(13)16-4-2-3-15(21)11-16)19(25)23-12-14-6-8-17(9-7-14)29(22,27)28/h2-11H,12H2,1H3,(H,23,25)(H2,22,27,28). The van der Waals surface area contributed by atoms with Crippen LogP contribution < -0.4 is 16.0 Å². The normalized spacial score (nSPS) is 11.3. The molecular weight excluding hydrogens is 414 g/mol. The highest BCUT2D eigenvalue weighted by Gasteiger charge is 2.15. The minimum atomic E-state index is -3.78. The summed E-state index contributed by atoms with van der Waals surface area (Å²) in [5.41, 5.74) is 1.40. The number of primary sulfonamides is 1. The summed E-state index contributed by atoms with van der Waals surface area (Å²) in [6.45, 7) is 1.88. The number of amides is 1. The van der Waals surface area contributed by atoms with E-state index in [1.165, 1.54) is 22.8 Å². The van der Waals surface area contributed by atoms with Gasteiger partial charge in [-0.15, -0.1) is 0 Å². The molecule has 0 aliphatic heterocycles. The minimum absolute atomic E-state index is 0.0169. The molecular formula is C20H18ClN3O4S. The largest absolute Gasteiger partial charge is 0.348 e. The van der Waals surface area contributed by atoms with Gasteiger partial charge in [-0.3, -0.25) is 14.2 Å². The van der Waals surface area contributed by atoms with E-state index in [9.17, 15) is 18.0 Å². The van der Waals surface area contributed by atoms with Crippen molar-refractivity contribution >= 4 is 27.5 Å². The SMILES string of the molecule is Cc1ccc(C(=O)NCc2ccc(S(N)(=O)=O)cc2)c(=O)n1-c1cccc(Cl)c1. The first-order valence-corrected chi connectivity index (χ1v) is 10.5. The molecule has 0 saturated heterocycles. The highest BCUT2D eigenvalue weighted by atomic mass is 35.5. The second kappa shape index (κ2) is 8.20. The smallest absolute Gasteiger partial charge is 0.268 e. The molecule has 0 bridgehead atoms. The van der Waals surface area contributed by atoms with Crippen LogP contribution in [0.25, 0.3) is 5.69 Å². The molecule has 0 spiro atoms. The van der Waals surface area contributed by atoms with Crippen LogP contribution in [0.4, 0.5) is 0 Å². The quantitative estimate of drug-likeness (QED) is 0.645. The third-order valence-electron chi connectivity index (χ3n) is 4.29. The first-order chi connectivity index (χ1) is 13.7. The third-order valence-corrected chi connectivity index (χ3v) is 5.46. The fourth-order valence-electron chi connectivity index (χ4n) is 2.81. The lowest BCUT2D eigenvalue weighted by molar-refractivity contribution is 0.0949. The number of nitrogens with two attached hydrogens (primary N) is 1. The molecule has 150 valence electrons. The summed E-state index contributed by atoms with van der Waals surface area (Å²) in [6.07, 6.45) is 0. The summed E-state index contributed by atoms with van der Waals surface area (Å²) in [7, 11) is -3.78. The Bertz CT molecular complexity index is 1240. The summed E-state index contributed by atoms with van der Waals surface area (Å²) in [4.78, 5) is 25.4. The number of carbonyl (C=O) groups is 1. The van der Waals surface area contributed by atoms with Gasteiger partial charge in [-0.25, -0.2) is 13.6 Å². The molecule has 7 nitrogen and oxygen atoms in total. The Morgan fingerprint density at radius 3 is 2.41 bits per heavy atom. The molecule has 1 aromatic heterocycles. The lowest BCUT2D eigenvalue weighted by Crippen LogP contribution is -2.33. The number of nitrogens with one attached hydrogen (secondary N) is 1. The molecule has 0 unspecified atom stereocenters. The Morgan fingerprint density at radius 2 is 1.79 bits per heavy atom. The van der Waals surface area contributed by atoms with Crippen LogP contribution in [-0.4, -0.2) is 18.9 Å². The lowest BCUT2D eigenvalue weighted by atomic mass is 10.2. The highest BCUT2D eigenvalue weighted by molar-refractivity contribution is 7.89. The van der Waals surface area contributed by atoms with E-state index in [0.29, 0.717) is 22.0 Å². The number of pyridine rings is 1. The van der Waals surface area contributed by atoms with Crippen LogP contribution in [0.3, 0.4) is 0 Å². The molecule has 3 rings (SSSR count). The third kappa shape index (κ3) is 4.73. The van der Waals surface area contributed by atoms with E-state index < -0.39 is 21.5 Å². The average molecular weight is 432 g/mol. The van der Waals surface area contributed by atoms with E-state index in [-0.39, 0.29) is 17.0 Å². The van der Waals surface area contributed by atoms with Crippen molar-refractivity contribution in [2.45, 2.75) is 18.4 Å². The van der Waals surface area contributed by atoms with Crippen LogP contribution in [-0.2, 0) is 16.6 Å². The van der Waals surface area contributed by atoms with Gasteiger partial charge in [-0.2, -0.15) is 0 Å². The van der Waals surface area contributed by atoms with Crippen molar-refractivity contribution in [2.24, 2.45) is 5.14 Å². The maximum Gasteiger partial charge on any atom is 0.268 e. The van der Waals surface area contributed by atoms with E-state index in [2.05, 4.69) is 5.32 Å². The first-order valence-electron chi connectivity index (χ1n) is 8.55. The fraction of sp³-hybridized carbons (Fsp3) is 0.100. The maximum atomic E-state index is 12.9. The summed E-state index contributed by atoms with van der Waals surface area (Å²) >= 11 is 6.02. The van der Waals surface area contributed by atoms with Crippen molar-refractivity contribution in [1.29, 1.82) is 0 Å². The van der Waals surface area contributed by atoms with Gasteiger partial charge in [0, 0.05) is 17.3 Å². The van der Waals surface area contributed by atoms with Crippen molar-refractivity contribution < 1.29 is 13.2 Å². The van der Waals surface area contributed by atoms with E-state index in [1.807, 2.05) is 0 Å². The monoisotopic (exact) mass is 431 g/mol. The summed E-state index contributed by atoms with van der Waals surface area (Å²) < 4.78 is 24.0. The average Bonchev–Trinajstić information content (AvgIpc) is 2.66. The van der Waals surface area contributed by atoms with E-state index in [1.54, 1.807) is 49.4 Å². The first kappa shape index (κ1) is 20.8. The summed E-state index contributed by atoms with van der Waals surface area (Å²) in [5, 5.41) is 8.21. The number of halogens is 1. The van der Waals surface area contributed by atoms with Crippen LogP contribution in [0.1, 0.15) is 21.6 Å². The van der Waals surface area contributed by atoms with Gasteiger partial charge in [0.1, 0.15) is 5.56 Å². The van der Waals surface area contributed by atoms with Crippen LogP contribution in [0, 0.1) is 6.92 Å². The van der Waals surface area contributed by atoms with Crippen molar-refractivity contribution in [1.82, 2.24) is 9.88 Å². The second-order valence-electron chi connectivity index (χ2n) is 6.38. The second-order valence-corrected chi connectivity index (χ2v) is 8.38. The number of aromatic nitrogens is 1. The van der Waals surface area contributed by atoms with Crippen molar-refractivity contribution in [3.05, 3.63) is 92.9 Å². The molecule has 0 saturated carbocycles. The zero-order chi connectivity index (χ0) is 21.2. The Kier molecular flexibility index (Phi) is 5.88. The van der Waals surface area contributed by atoms with Gasteiger partial charge in [0.05, 0.1) is 10.6 Å². The Balaban J connectivity index is 1.83. The van der Waals surface area contributed by atoms with E-state index in [0.717, 1.165) is 0 Å². The van der Waals surface area contributed by atoms with Crippen molar-refractivity contribution in [2.75, 3.05) is 0 Å². The van der Waals surface area contributed by atoms with Crippen LogP contribution in [0.5, 0.6) is 0 Å². The van der Waals surface area contributed by atoms with Crippen molar-refractivity contribution in [3.63, 3.8) is 0 Å². The number of carbonyl (C=O) groups excluding carboxylic acids is 1. The van der Waals surface area contributed by atoms with Crippen LogP contribution in [0.2, 0.25) is 5.02 Å². The predicted molar refractivity (Wildman–Crippen MR) is 111 cm³/mol. The molecule has 9 heteroatoms. The Morgan fingerprint density at radius 1 is 1.10 bits per heavy atom. The minimum Gasteiger partial charge on any atom is -0.348 e. The Hall–Kier alpha value is -2.94. The molecule has 2 aromatic carbocycles. The number of benzene rings is 2. The molecule has 0 atom stereocenters. The molecule has 0 radical (unpaired) electrons. The Labute approximate surface area is 172 Å². The molecule has 1 heterocycles.